The Hall–Kier alpha value is -2.41. The number of thioether (sulfide) groups is 1. The van der Waals surface area contributed by atoms with E-state index in [2.05, 4.69) is 13.8 Å². The highest BCUT2D eigenvalue weighted by molar-refractivity contribution is 8.14. The van der Waals surface area contributed by atoms with E-state index in [1.807, 2.05) is 12.1 Å². The Balaban J connectivity index is 1.81. The summed E-state index contributed by atoms with van der Waals surface area (Å²) in [5.41, 5.74) is 2.09. The topological polar surface area (TPSA) is 76.0 Å². The molecule has 0 N–H and O–H groups in total. The second kappa shape index (κ2) is 6.88. The number of carbonyl (C=O) groups excluding carboxylic acids is 3. The molecule has 0 radical (unpaired) electrons. The lowest BCUT2D eigenvalue weighted by Gasteiger charge is -2.43. The van der Waals surface area contributed by atoms with Gasteiger partial charge in [0, 0.05) is 31.1 Å². The van der Waals surface area contributed by atoms with Gasteiger partial charge in [0.15, 0.2) is 11.0 Å². The van der Waals surface area contributed by atoms with Crippen LogP contribution in [0.15, 0.2) is 40.5 Å². The van der Waals surface area contributed by atoms with Gasteiger partial charge in [-0.05, 0) is 29.5 Å². The molecular weight excluding hydrogens is 376 g/mol. The van der Waals surface area contributed by atoms with Crippen LogP contribution in [0.5, 0.6) is 5.75 Å². The number of hydrogen-bond acceptors (Lipinski definition) is 6. The minimum atomic E-state index is -0.474. The van der Waals surface area contributed by atoms with Crippen molar-refractivity contribution in [3.8, 4) is 5.75 Å². The number of rotatable bonds is 2. The normalized spacial score (nSPS) is 23.8. The lowest BCUT2D eigenvalue weighted by Crippen LogP contribution is -2.47. The molecule has 1 aromatic carbocycles. The first-order chi connectivity index (χ1) is 13.2. The first-order valence-corrected chi connectivity index (χ1v) is 10.3. The Kier molecular flexibility index (Phi) is 4.65. The fraction of sp³-hybridized carbons (Fsp3) is 0.429. The highest BCUT2D eigenvalue weighted by Crippen LogP contribution is 2.47. The van der Waals surface area contributed by atoms with Crippen molar-refractivity contribution >= 4 is 34.6 Å². The van der Waals surface area contributed by atoms with E-state index in [4.69, 9.17) is 9.73 Å². The molecule has 3 aliphatic rings. The maximum Gasteiger partial charge on any atom is 0.308 e. The quantitative estimate of drug-likeness (QED) is 0.562. The molecule has 1 aliphatic carbocycles. The van der Waals surface area contributed by atoms with Crippen molar-refractivity contribution in [1.29, 1.82) is 0 Å². The number of allylic oxidation sites excluding steroid dienone is 1. The van der Waals surface area contributed by atoms with Crippen molar-refractivity contribution < 1.29 is 19.1 Å². The van der Waals surface area contributed by atoms with E-state index >= 15 is 0 Å². The number of ketones is 1. The minimum absolute atomic E-state index is 0.0178. The number of hydrogen-bond donors (Lipinski definition) is 0. The van der Waals surface area contributed by atoms with Gasteiger partial charge in [-0.15, -0.1) is 0 Å². The molecular formula is C21H22N2O4S. The molecule has 6 nitrogen and oxygen atoms in total. The molecule has 1 fully saturated rings. The molecule has 2 aliphatic heterocycles. The molecule has 1 atom stereocenters. The van der Waals surface area contributed by atoms with Crippen LogP contribution in [-0.2, 0) is 14.4 Å². The second-order valence-corrected chi connectivity index (χ2v) is 9.19. The number of ether oxygens (including phenoxy) is 1. The Labute approximate surface area is 168 Å². The Morgan fingerprint density at radius 3 is 2.61 bits per heavy atom. The number of Topliss-reactive ketones (excluding diaryl/α,β-unsaturated/α-hetero) is 1. The zero-order chi connectivity index (χ0) is 20.1. The van der Waals surface area contributed by atoms with E-state index in [1.165, 1.54) is 6.92 Å². The predicted octanol–water partition coefficient (Wildman–Crippen LogP) is 3.63. The molecule has 0 spiro atoms. The maximum atomic E-state index is 13.1. The number of aliphatic imine (C=N–C) groups is 1. The zero-order valence-electron chi connectivity index (χ0n) is 16.2. The fourth-order valence-corrected chi connectivity index (χ4v) is 5.00. The molecule has 2 heterocycles. The third-order valence-corrected chi connectivity index (χ3v) is 6.09. The molecule has 28 heavy (non-hydrogen) atoms. The van der Waals surface area contributed by atoms with Crippen LogP contribution in [0.1, 0.15) is 51.6 Å². The van der Waals surface area contributed by atoms with Gasteiger partial charge in [-0.2, -0.15) is 0 Å². The largest absolute Gasteiger partial charge is 0.427 e. The average Bonchev–Trinajstić information content (AvgIpc) is 2.59. The van der Waals surface area contributed by atoms with Crippen LogP contribution in [0.4, 0.5) is 0 Å². The number of benzene rings is 1. The molecule has 0 bridgehead atoms. The lowest BCUT2D eigenvalue weighted by molar-refractivity contribution is -0.132. The van der Waals surface area contributed by atoms with Gasteiger partial charge < -0.3 is 4.74 Å². The number of amides is 1. The molecule has 1 saturated heterocycles. The van der Waals surface area contributed by atoms with Gasteiger partial charge >= 0.3 is 5.97 Å². The summed E-state index contributed by atoms with van der Waals surface area (Å²) in [5, 5.41) is 0.676. The van der Waals surface area contributed by atoms with E-state index in [9.17, 15) is 14.4 Å². The summed E-state index contributed by atoms with van der Waals surface area (Å²) in [6.45, 7) is 5.49. The van der Waals surface area contributed by atoms with Gasteiger partial charge in [-0.25, -0.2) is 4.99 Å². The van der Waals surface area contributed by atoms with E-state index in [0.29, 0.717) is 41.5 Å². The molecule has 7 heteroatoms. The Bertz CT molecular complexity index is 930. The van der Waals surface area contributed by atoms with Crippen LogP contribution in [0.25, 0.3) is 0 Å². The smallest absolute Gasteiger partial charge is 0.308 e. The SMILES string of the molecule is CC(=O)Oc1ccc([C@H]2C3=C(CC(C)(C)CC3=O)N=C3SCCC(=O)N32)cc1. The average molecular weight is 398 g/mol. The number of fused-ring (bicyclic) bond motifs is 1. The maximum absolute atomic E-state index is 13.1. The van der Waals surface area contributed by atoms with Crippen molar-refractivity contribution in [2.45, 2.75) is 46.1 Å². The summed E-state index contributed by atoms with van der Waals surface area (Å²) in [6, 6.07) is 6.55. The molecule has 1 amide bonds. The highest BCUT2D eigenvalue weighted by Gasteiger charge is 2.45. The van der Waals surface area contributed by atoms with Gasteiger partial charge in [0.05, 0.1) is 11.7 Å². The van der Waals surface area contributed by atoms with Crippen molar-refractivity contribution in [3.05, 3.63) is 41.1 Å². The van der Waals surface area contributed by atoms with E-state index in [1.54, 1.807) is 28.8 Å². The summed E-state index contributed by atoms with van der Waals surface area (Å²) in [4.78, 5) is 43.4. The molecule has 0 saturated carbocycles. The van der Waals surface area contributed by atoms with Crippen molar-refractivity contribution in [2.75, 3.05) is 5.75 Å². The standard InChI is InChI=1S/C21H22N2O4S/c1-12(24)27-14-6-4-13(5-7-14)19-18-15(10-21(2,3)11-16(18)25)22-20-23(19)17(26)8-9-28-20/h4-7,19H,8-11H2,1-3H3/t19-/m0/s1. The fourth-order valence-electron chi connectivity index (χ4n) is 4.02. The van der Waals surface area contributed by atoms with Gasteiger partial charge in [-0.1, -0.05) is 37.7 Å². The zero-order valence-corrected chi connectivity index (χ0v) is 17.0. The first kappa shape index (κ1) is 18.9. The van der Waals surface area contributed by atoms with Gasteiger partial charge in [0.2, 0.25) is 5.91 Å². The molecule has 1 aromatic rings. The summed E-state index contributed by atoms with van der Waals surface area (Å²) in [7, 11) is 0. The highest BCUT2D eigenvalue weighted by atomic mass is 32.2. The lowest BCUT2D eigenvalue weighted by atomic mass is 9.73. The number of carbonyl (C=O) groups is 3. The third-order valence-electron chi connectivity index (χ3n) is 5.14. The molecule has 0 aromatic heterocycles. The predicted molar refractivity (Wildman–Crippen MR) is 107 cm³/mol. The van der Waals surface area contributed by atoms with E-state index in [0.717, 1.165) is 11.3 Å². The second-order valence-electron chi connectivity index (χ2n) is 8.12. The van der Waals surface area contributed by atoms with Crippen molar-refractivity contribution in [3.63, 3.8) is 0 Å². The summed E-state index contributed by atoms with van der Waals surface area (Å²) in [5.74, 6) is 0.775. The van der Waals surface area contributed by atoms with Crippen LogP contribution in [0, 0.1) is 5.41 Å². The number of esters is 1. The van der Waals surface area contributed by atoms with Gasteiger partial charge in [0.25, 0.3) is 0 Å². The Morgan fingerprint density at radius 2 is 1.93 bits per heavy atom. The van der Waals surface area contributed by atoms with Gasteiger partial charge in [0.1, 0.15) is 5.75 Å². The summed E-state index contributed by atoms with van der Waals surface area (Å²) in [6.07, 6.45) is 1.57. The van der Waals surface area contributed by atoms with Crippen LogP contribution in [0.3, 0.4) is 0 Å². The minimum Gasteiger partial charge on any atom is -0.427 e. The van der Waals surface area contributed by atoms with Crippen molar-refractivity contribution in [1.82, 2.24) is 4.90 Å². The molecule has 146 valence electrons. The number of nitrogens with zero attached hydrogens (tertiary/aromatic N) is 2. The number of amidine groups is 1. The van der Waals surface area contributed by atoms with Crippen LogP contribution >= 0.6 is 11.8 Å². The molecule has 0 unspecified atom stereocenters. The van der Waals surface area contributed by atoms with E-state index in [-0.39, 0.29) is 17.1 Å². The summed E-state index contributed by atoms with van der Waals surface area (Å²) >= 11 is 1.56. The van der Waals surface area contributed by atoms with Crippen LogP contribution < -0.4 is 4.74 Å². The summed E-state index contributed by atoms with van der Waals surface area (Å²) < 4.78 is 5.11. The monoisotopic (exact) mass is 398 g/mol. The van der Waals surface area contributed by atoms with Crippen LogP contribution in [-0.4, -0.2) is 33.5 Å². The first-order valence-electron chi connectivity index (χ1n) is 9.33. The molecule has 4 rings (SSSR count). The third kappa shape index (κ3) is 3.39. The van der Waals surface area contributed by atoms with Gasteiger partial charge in [-0.3, -0.25) is 19.3 Å². The Morgan fingerprint density at radius 1 is 1.21 bits per heavy atom. The van der Waals surface area contributed by atoms with Crippen LogP contribution in [0.2, 0.25) is 0 Å². The van der Waals surface area contributed by atoms with E-state index < -0.39 is 12.0 Å². The van der Waals surface area contributed by atoms with Crippen molar-refractivity contribution in [2.24, 2.45) is 10.4 Å².